The molecule has 0 saturated heterocycles. The average Bonchev–Trinajstić information content (AvgIpc) is 3.02. The summed E-state index contributed by atoms with van der Waals surface area (Å²) in [6.07, 6.45) is 0. The van der Waals surface area contributed by atoms with Gasteiger partial charge >= 0.3 is 0 Å². The zero-order valence-corrected chi connectivity index (χ0v) is 17.3. The SMILES string of the molecule is CC(=O)c1ccc(-c2c(C)c3ccccc3n2S(=O)(=O)c2ccc(C)cc2)cc1. The number of aromatic nitrogens is 1. The van der Waals surface area contributed by atoms with Crippen molar-refractivity contribution in [3.05, 3.63) is 89.5 Å². The number of ketones is 1. The molecule has 5 heteroatoms. The second-order valence-electron chi connectivity index (χ2n) is 7.21. The van der Waals surface area contributed by atoms with Gasteiger partial charge in [-0.05, 0) is 50.1 Å². The number of hydrogen-bond donors (Lipinski definition) is 0. The molecule has 0 amide bonds. The fourth-order valence-electron chi connectivity index (χ4n) is 3.63. The van der Waals surface area contributed by atoms with Crippen LogP contribution in [0.1, 0.15) is 28.4 Å². The van der Waals surface area contributed by atoms with Gasteiger partial charge < -0.3 is 0 Å². The molecule has 0 aliphatic heterocycles. The Bertz CT molecular complexity index is 1330. The lowest BCUT2D eigenvalue weighted by atomic mass is 10.0. The normalized spacial score (nSPS) is 11.7. The molecule has 4 rings (SSSR count). The molecular formula is C24H21NO3S. The van der Waals surface area contributed by atoms with E-state index in [1.807, 2.05) is 38.1 Å². The molecule has 3 aromatic carbocycles. The molecule has 0 saturated carbocycles. The largest absolute Gasteiger partial charge is 0.295 e. The first kappa shape index (κ1) is 19.2. The number of Topliss-reactive ketones (excluding diaryl/α,β-unsaturated/α-hetero) is 1. The van der Waals surface area contributed by atoms with E-state index in [2.05, 4.69) is 0 Å². The van der Waals surface area contributed by atoms with E-state index in [1.165, 1.54) is 10.9 Å². The van der Waals surface area contributed by atoms with Crippen LogP contribution in [0.15, 0.2) is 77.7 Å². The minimum Gasteiger partial charge on any atom is -0.295 e. The van der Waals surface area contributed by atoms with Crippen molar-refractivity contribution >= 4 is 26.7 Å². The van der Waals surface area contributed by atoms with E-state index in [0.717, 1.165) is 22.1 Å². The molecule has 0 aliphatic rings. The molecule has 1 heterocycles. The Hall–Kier alpha value is -3.18. The van der Waals surface area contributed by atoms with E-state index in [9.17, 15) is 13.2 Å². The van der Waals surface area contributed by atoms with Crippen LogP contribution in [0.4, 0.5) is 0 Å². The van der Waals surface area contributed by atoms with E-state index < -0.39 is 10.0 Å². The molecule has 4 nitrogen and oxygen atoms in total. The summed E-state index contributed by atoms with van der Waals surface area (Å²) in [6.45, 7) is 5.37. The van der Waals surface area contributed by atoms with Crippen LogP contribution in [0, 0.1) is 13.8 Å². The molecule has 0 spiro atoms. The Balaban J connectivity index is 2.04. The van der Waals surface area contributed by atoms with E-state index >= 15 is 0 Å². The van der Waals surface area contributed by atoms with Crippen molar-refractivity contribution in [2.45, 2.75) is 25.7 Å². The monoisotopic (exact) mass is 403 g/mol. The summed E-state index contributed by atoms with van der Waals surface area (Å²) in [5, 5.41) is 0.883. The van der Waals surface area contributed by atoms with Crippen LogP contribution >= 0.6 is 0 Å². The highest BCUT2D eigenvalue weighted by Crippen LogP contribution is 2.36. The van der Waals surface area contributed by atoms with Gasteiger partial charge in [0, 0.05) is 10.9 Å². The quantitative estimate of drug-likeness (QED) is 0.431. The van der Waals surface area contributed by atoms with Crippen LogP contribution in [0.25, 0.3) is 22.2 Å². The summed E-state index contributed by atoms with van der Waals surface area (Å²) >= 11 is 0. The van der Waals surface area contributed by atoms with Crippen LogP contribution in [-0.2, 0) is 10.0 Å². The van der Waals surface area contributed by atoms with Crippen molar-refractivity contribution in [1.82, 2.24) is 3.97 Å². The second kappa shape index (κ2) is 7.01. The van der Waals surface area contributed by atoms with Crippen LogP contribution in [-0.4, -0.2) is 18.2 Å². The summed E-state index contributed by atoms with van der Waals surface area (Å²) in [5.74, 6) is -0.0268. The molecular weight excluding hydrogens is 382 g/mol. The van der Waals surface area contributed by atoms with Gasteiger partial charge in [0.1, 0.15) is 0 Å². The maximum absolute atomic E-state index is 13.7. The Kier molecular flexibility index (Phi) is 4.63. The van der Waals surface area contributed by atoms with Crippen LogP contribution in [0.3, 0.4) is 0 Å². The number of carbonyl (C=O) groups is 1. The van der Waals surface area contributed by atoms with Crippen LogP contribution in [0.2, 0.25) is 0 Å². The molecule has 0 aliphatic carbocycles. The Labute approximate surface area is 170 Å². The molecule has 0 unspecified atom stereocenters. The van der Waals surface area contributed by atoms with Crippen molar-refractivity contribution in [3.8, 4) is 11.3 Å². The number of aryl methyl sites for hydroxylation is 2. The van der Waals surface area contributed by atoms with Gasteiger partial charge in [0.15, 0.2) is 5.78 Å². The zero-order valence-electron chi connectivity index (χ0n) is 16.5. The van der Waals surface area contributed by atoms with E-state index in [0.29, 0.717) is 16.8 Å². The van der Waals surface area contributed by atoms with Gasteiger partial charge in [-0.3, -0.25) is 4.79 Å². The molecule has 29 heavy (non-hydrogen) atoms. The van der Waals surface area contributed by atoms with E-state index in [-0.39, 0.29) is 10.7 Å². The minimum atomic E-state index is -3.82. The number of para-hydroxylation sites is 1. The fourth-order valence-corrected chi connectivity index (χ4v) is 5.22. The first-order valence-corrected chi connectivity index (χ1v) is 10.8. The molecule has 0 fully saturated rings. The lowest BCUT2D eigenvalue weighted by Crippen LogP contribution is -2.14. The molecule has 0 N–H and O–H groups in total. The zero-order chi connectivity index (χ0) is 20.8. The van der Waals surface area contributed by atoms with Crippen molar-refractivity contribution in [2.24, 2.45) is 0 Å². The lowest BCUT2D eigenvalue weighted by Gasteiger charge is -2.13. The molecule has 0 radical (unpaired) electrons. The number of carbonyl (C=O) groups excluding carboxylic acids is 1. The van der Waals surface area contributed by atoms with Gasteiger partial charge in [0.25, 0.3) is 10.0 Å². The maximum Gasteiger partial charge on any atom is 0.268 e. The predicted molar refractivity (Wildman–Crippen MR) is 116 cm³/mol. The maximum atomic E-state index is 13.7. The summed E-state index contributed by atoms with van der Waals surface area (Å²) in [7, 11) is -3.82. The molecule has 0 bridgehead atoms. The molecule has 4 aromatic rings. The number of rotatable bonds is 4. The van der Waals surface area contributed by atoms with Crippen molar-refractivity contribution in [2.75, 3.05) is 0 Å². The van der Waals surface area contributed by atoms with Crippen molar-refractivity contribution in [1.29, 1.82) is 0 Å². The van der Waals surface area contributed by atoms with Gasteiger partial charge in [0.2, 0.25) is 0 Å². The topological polar surface area (TPSA) is 56.1 Å². The van der Waals surface area contributed by atoms with Gasteiger partial charge in [0.05, 0.1) is 16.1 Å². The number of hydrogen-bond acceptors (Lipinski definition) is 3. The van der Waals surface area contributed by atoms with Gasteiger partial charge in [-0.25, -0.2) is 12.4 Å². The summed E-state index contributed by atoms with van der Waals surface area (Å²) in [6, 6.07) is 21.4. The van der Waals surface area contributed by atoms with Crippen molar-refractivity contribution < 1.29 is 13.2 Å². The fraction of sp³-hybridized carbons (Fsp3) is 0.125. The van der Waals surface area contributed by atoms with Crippen LogP contribution < -0.4 is 0 Å². The summed E-state index contributed by atoms with van der Waals surface area (Å²) in [4.78, 5) is 11.9. The Morgan fingerprint density at radius 3 is 2.07 bits per heavy atom. The highest BCUT2D eigenvalue weighted by atomic mass is 32.2. The third-order valence-electron chi connectivity index (χ3n) is 5.21. The summed E-state index contributed by atoms with van der Waals surface area (Å²) < 4.78 is 28.7. The number of benzene rings is 3. The first-order chi connectivity index (χ1) is 13.8. The summed E-state index contributed by atoms with van der Waals surface area (Å²) in [5.41, 5.74) is 4.47. The standard InChI is InChI=1S/C24H21NO3S/c1-16-8-14-21(15-9-16)29(27,28)25-23-7-5-4-6-22(23)17(2)24(25)20-12-10-19(11-13-20)18(3)26/h4-15H,1-3H3. The van der Waals surface area contributed by atoms with Crippen LogP contribution in [0.5, 0.6) is 0 Å². The molecule has 146 valence electrons. The lowest BCUT2D eigenvalue weighted by molar-refractivity contribution is 0.101. The number of nitrogens with zero attached hydrogens (tertiary/aromatic N) is 1. The highest BCUT2D eigenvalue weighted by Gasteiger charge is 2.26. The van der Waals surface area contributed by atoms with Gasteiger partial charge in [-0.2, -0.15) is 0 Å². The smallest absolute Gasteiger partial charge is 0.268 e. The first-order valence-electron chi connectivity index (χ1n) is 9.34. The number of fused-ring (bicyclic) bond motifs is 1. The third kappa shape index (κ3) is 3.17. The second-order valence-corrected chi connectivity index (χ2v) is 8.99. The molecule has 0 atom stereocenters. The molecule has 1 aromatic heterocycles. The Morgan fingerprint density at radius 1 is 0.828 bits per heavy atom. The Morgan fingerprint density at radius 2 is 1.45 bits per heavy atom. The van der Waals surface area contributed by atoms with E-state index in [4.69, 9.17) is 0 Å². The third-order valence-corrected chi connectivity index (χ3v) is 6.94. The average molecular weight is 404 g/mol. The van der Waals surface area contributed by atoms with Crippen molar-refractivity contribution in [3.63, 3.8) is 0 Å². The van der Waals surface area contributed by atoms with Gasteiger partial charge in [-0.1, -0.05) is 60.2 Å². The highest BCUT2D eigenvalue weighted by molar-refractivity contribution is 7.90. The predicted octanol–water partition coefficient (Wildman–Crippen LogP) is 5.36. The minimum absolute atomic E-state index is 0.0268. The van der Waals surface area contributed by atoms with E-state index in [1.54, 1.807) is 48.5 Å². The van der Waals surface area contributed by atoms with Gasteiger partial charge in [-0.15, -0.1) is 0 Å².